The second-order valence-electron chi connectivity index (χ2n) is 6.86. The van der Waals surface area contributed by atoms with Crippen molar-refractivity contribution >= 4 is 22.8 Å². The first-order valence-corrected chi connectivity index (χ1v) is 9.39. The van der Waals surface area contributed by atoms with Crippen LogP contribution in [0.1, 0.15) is 29.5 Å². The smallest absolute Gasteiger partial charge is 0.254 e. The summed E-state index contributed by atoms with van der Waals surface area (Å²) in [7, 11) is 0. The summed E-state index contributed by atoms with van der Waals surface area (Å²) in [6.07, 6.45) is 0.593. The Hall–Kier alpha value is -3.19. The van der Waals surface area contributed by atoms with E-state index in [-0.39, 0.29) is 18.4 Å². The van der Waals surface area contributed by atoms with Crippen LogP contribution < -0.4 is 5.32 Å². The predicted molar refractivity (Wildman–Crippen MR) is 106 cm³/mol. The molecule has 0 unspecified atom stereocenters. The Bertz CT molecular complexity index is 1030. The average molecular weight is 378 g/mol. The van der Waals surface area contributed by atoms with Crippen molar-refractivity contribution in [2.24, 2.45) is 0 Å². The number of aliphatic hydroxyl groups is 1. The van der Waals surface area contributed by atoms with Crippen LogP contribution in [0.2, 0.25) is 0 Å². The lowest BCUT2D eigenvalue weighted by Crippen LogP contribution is -2.56. The Labute approximate surface area is 162 Å². The minimum absolute atomic E-state index is 0.0890. The number of carbonyl (C=O) groups is 2. The second kappa shape index (κ2) is 7.44. The van der Waals surface area contributed by atoms with Crippen molar-refractivity contribution < 1.29 is 14.7 Å². The average Bonchev–Trinajstić information content (AvgIpc) is 3.15. The van der Waals surface area contributed by atoms with Crippen molar-refractivity contribution in [2.45, 2.75) is 26.0 Å². The lowest BCUT2D eigenvalue weighted by Gasteiger charge is -2.34. The zero-order valence-corrected chi connectivity index (χ0v) is 15.6. The summed E-state index contributed by atoms with van der Waals surface area (Å²) in [5, 5.41) is 12.0. The van der Waals surface area contributed by atoms with Gasteiger partial charge < -0.3 is 20.3 Å². The fraction of sp³-hybridized carbons (Fsp3) is 0.286. The van der Waals surface area contributed by atoms with Gasteiger partial charge in [0.15, 0.2) is 0 Å². The number of benzene rings is 2. The van der Waals surface area contributed by atoms with E-state index in [0.29, 0.717) is 30.9 Å². The van der Waals surface area contributed by atoms with E-state index in [2.05, 4.69) is 15.3 Å². The van der Waals surface area contributed by atoms with E-state index in [0.717, 1.165) is 22.2 Å². The van der Waals surface area contributed by atoms with Crippen molar-refractivity contribution in [2.75, 3.05) is 13.1 Å². The third-order valence-corrected chi connectivity index (χ3v) is 5.12. The fourth-order valence-electron chi connectivity index (χ4n) is 3.65. The van der Waals surface area contributed by atoms with Crippen LogP contribution in [0.4, 0.5) is 0 Å². The molecule has 1 atom stereocenters. The van der Waals surface area contributed by atoms with Gasteiger partial charge in [0.2, 0.25) is 5.91 Å². The van der Waals surface area contributed by atoms with Gasteiger partial charge in [-0.1, -0.05) is 25.1 Å². The number of carbonyl (C=O) groups excluding carboxylic acids is 2. The molecule has 7 nitrogen and oxygen atoms in total. The third-order valence-electron chi connectivity index (χ3n) is 5.12. The standard InChI is InChI=1S/C21H22N4O3/c1-2-18-20(27)22-9-10-25(18)21(28)14-5-3-13(4-6-14)15-7-8-16-17(11-15)24-19(12-26)23-16/h3-8,11,18,26H,2,9-10,12H2,1H3,(H,22,27)(H,23,24)/t18-/m0/s1. The number of aromatic amines is 1. The van der Waals surface area contributed by atoms with Crippen LogP contribution in [0, 0.1) is 0 Å². The van der Waals surface area contributed by atoms with Crippen molar-refractivity contribution in [3.05, 3.63) is 53.9 Å². The number of H-pyrrole nitrogens is 1. The minimum atomic E-state index is -0.413. The first kappa shape index (κ1) is 18.2. The molecule has 1 aliphatic heterocycles. The van der Waals surface area contributed by atoms with Crippen LogP contribution >= 0.6 is 0 Å². The summed E-state index contributed by atoms with van der Waals surface area (Å²) < 4.78 is 0. The minimum Gasteiger partial charge on any atom is -0.388 e. The number of hydrogen-bond acceptors (Lipinski definition) is 4. The molecule has 0 radical (unpaired) electrons. The van der Waals surface area contributed by atoms with Gasteiger partial charge in [0.25, 0.3) is 5.91 Å². The first-order valence-electron chi connectivity index (χ1n) is 9.39. The van der Waals surface area contributed by atoms with Crippen molar-refractivity contribution in [3.63, 3.8) is 0 Å². The molecule has 28 heavy (non-hydrogen) atoms. The highest BCUT2D eigenvalue weighted by atomic mass is 16.3. The van der Waals surface area contributed by atoms with E-state index in [1.807, 2.05) is 37.3 Å². The fourth-order valence-corrected chi connectivity index (χ4v) is 3.65. The van der Waals surface area contributed by atoms with Gasteiger partial charge in [-0.05, 0) is 41.8 Å². The molecule has 1 aromatic heterocycles. The van der Waals surface area contributed by atoms with Gasteiger partial charge in [-0.2, -0.15) is 0 Å². The maximum absolute atomic E-state index is 12.9. The van der Waals surface area contributed by atoms with Crippen LogP contribution in [0.3, 0.4) is 0 Å². The molecule has 0 bridgehead atoms. The van der Waals surface area contributed by atoms with Gasteiger partial charge in [0, 0.05) is 18.7 Å². The number of aromatic nitrogens is 2. The van der Waals surface area contributed by atoms with Crippen molar-refractivity contribution in [3.8, 4) is 11.1 Å². The highest BCUT2D eigenvalue weighted by Gasteiger charge is 2.31. The number of rotatable bonds is 4. The monoisotopic (exact) mass is 378 g/mol. The summed E-state index contributed by atoms with van der Waals surface area (Å²) in [5.74, 6) is 0.322. The number of fused-ring (bicyclic) bond motifs is 1. The third kappa shape index (κ3) is 3.25. The molecule has 1 fully saturated rings. The molecule has 144 valence electrons. The number of imidazole rings is 1. The molecule has 1 saturated heterocycles. The highest BCUT2D eigenvalue weighted by molar-refractivity contribution is 5.98. The normalized spacial score (nSPS) is 17.0. The summed E-state index contributed by atoms with van der Waals surface area (Å²) in [6.45, 7) is 2.79. The molecule has 7 heteroatoms. The van der Waals surface area contributed by atoms with E-state index in [1.165, 1.54) is 0 Å². The lowest BCUT2D eigenvalue weighted by atomic mass is 10.0. The van der Waals surface area contributed by atoms with E-state index in [9.17, 15) is 14.7 Å². The van der Waals surface area contributed by atoms with Crippen LogP contribution in [-0.4, -0.2) is 50.9 Å². The largest absolute Gasteiger partial charge is 0.388 e. The van der Waals surface area contributed by atoms with E-state index >= 15 is 0 Å². The molecular formula is C21H22N4O3. The molecular weight excluding hydrogens is 356 g/mol. The predicted octanol–water partition coefficient (Wildman–Crippen LogP) is 2.07. The first-order chi connectivity index (χ1) is 13.6. The maximum Gasteiger partial charge on any atom is 0.254 e. The highest BCUT2D eigenvalue weighted by Crippen LogP contribution is 2.24. The van der Waals surface area contributed by atoms with Gasteiger partial charge in [-0.3, -0.25) is 9.59 Å². The Morgan fingerprint density at radius 3 is 2.68 bits per heavy atom. The number of hydrogen-bond donors (Lipinski definition) is 3. The molecule has 0 saturated carbocycles. The Balaban J connectivity index is 1.58. The molecule has 2 amide bonds. The summed E-state index contributed by atoms with van der Waals surface area (Å²) in [4.78, 5) is 33.9. The number of nitrogens with one attached hydrogen (secondary N) is 2. The van der Waals surface area contributed by atoms with E-state index < -0.39 is 6.04 Å². The SMILES string of the molecule is CC[C@H]1C(=O)NCCN1C(=O)c1ccc(-c2ccc3nc(CO)[nH]c3c2)cc1. The molecule has 4 rings (SSSR count). The topological polar surface area (TPSA) is 98.3 Å². The Kier molecular flexibility index (Phi) is 4.83. The zero-order chi connectivity index (χ0) is 19.7. The maximum atomic E-state index is 12.9. The molecule has 2 heterocycles. The number of piperazine rings is 1. The number of nitrogens with zero attached hydrogens (tertiary/aromatic N) is 2. The summed E-state index contributed by atoms with van der Waals surface area (Å²) >= 11 is 0. The molecule has 3 N–H and O–H groups in total. The van der Waals surface area contributed by atoms with Gasteiger partial charge in [-0.25, -0.2) is 4.98 Å². The molecule has 1 aliphatic rings. The summed E-state index contributed by atoms with van der Waals surface area (Å²) in [6, 6.07) is 12.8. The van der Waals surface area contributed by atoms with Crippen LogP contribution in [0.15, 0.2) is 42.5 Å². The van der Waals surface area contributed by atoms with Crippen LogP contribution in [0.5, 0.6) is 0 Å². The van der Waals surface area contributed by atoms with Crippen molar-refractivity contribution in [1.82, 2.24) is 20.2 Å². The van der Waals surface area contributed by atoms with E-state index in [1.54, 1.807) is 17.0 Å². The number of aliphatic hydroxyl groups excluding tert-OH is 1. The van der Waals surface area contributed by atoms with Crippen molar-refractivity contribution in [1.29, 1.82) is 0 Å². The molecule has 3 aromatic rings. The quantitative estimate of drug-likeness (QED) is 0.647. The van der Waals surface area contributed by atoms with Gasteiger partial charge >= 0.3 is 0 Å². The Morgan fingerprint density at radius 2 is 1.96 bits per heavy atom. The van der Waals surface area contributed by atoms with Gasteiger partial charge in [0.05, 0.1) is 11.0 Å². The zero-order valence-electron chi connectivity index (χ0n) is 15.6. The summed E-state index contributed by atoms with van der Waals surface area (Å²) in [5.41, 5.74) is 4.19. The molecule has 2 aromatic carbocycles. The lowest BCUT2D eigenvalue weighted by molar-refractivity contribution is -0.127. The van der Waals surface area contributed by atoms with Crippen LogP contribution in [-0.2, 0) is 11.4 Å². The number of amides is 2. The second-order valence-corrected chi connectivity index (χ2v) is 6.86. The Morgan fingerprint density at radius 1 is 1.21 bits per heavy atom. The molecule has 0 aliphatic carbocycles. The van der Waals surface area contributed by atoms with E-state index in [4.69, 9.17) is 0 Å². The van der Waals surface area contributed by atoms with Gasteiger partial charge in [0.1, 0.15) is 18.5 Å². The molecule has 0 spiro atoms. The van der Waals surface area contributed by atoms with Gasteiger partial charge in [-0.15, -0.1) is 0 Å². The van der Waals surface area contributed by atoms with Crippen LogP contribution in [0.25, 0.3) is 22.2 Å².